The van der Waals surface area contributed by atoms with E-state index in [9.17, 15) is 8.42 Å². The maximum absolute atomic E-state index is 13.0. The molecule has 0 fully saturated rings. The number of rotatable bonds is 7. The van der Waals surface area contributed by atoms with E-state index in [4.69, 9.17) is 5.26 Å². The molecule has 0 atom stereocenters. The monoisotopic (exact) mass is 344 g/mol. The van der Waals surface area contributed by atoms with E-state index >= 15 is 0 Å². The first-order chi connectivity index (χ1) is 11.4. The van der Waals surface area contributed by atoms with Crippen molar-refractivity contribution >= 4 is 10.0 Å². The largest absolute Gasteiger partial charge is 0.308 e. The Labute approximate surface area is 143 Å². The minimum Gasteiger partial charge on any atom is -0.308 e. The Kier molecular flexibility index (Phi) is 6.04. The van der Waals surface area contributed by atoms with E-state index in [0.29, 0.717) is 24.3 Å². The van der Waals surface area contributed by atoms with Crippen molar-refractivity contribution in [1.82, 2.24) is 14.2 Å². The maximum Gasteiger partial charge on any atom is 0.243 e. The van der Waals surface area contributed by atoms with Gasteiger partial charge in [-0.05, 0) is 44.4 Å². The van der Waals surface area contributed by atoms with Crippen LogP contribution in [0.2, 0.25) is 0 Å². The summed E-state index contributed by atoms with van der Waals surface area (Å²) < 4.78 is 27.4. The number of hydrogen-bond donors (Lipinski definition) is 0. The summed E-state index contributed by atoms with van der Waals surface area (Å²) in [6.07, 6.45) is 1.64. The summed E-state index contributed by atoms with van der Waals surface area (Å²) in [5.74, 6) is 0. The van der Waals surface area contributed by atoms with Crippen LogP contribution in [0.25, 0.3) is 0 Å². The predicted molar refractivity (Wildman–Crippen MR) is 91.5 cm³/mol. The molecule has 0 amide bonds. The Morgan fingerprint density at radius 2 is 1.92 bits per heavy atom. The highest BCUT2D eigenvalue weighted by Gasteiger charge is 2.25. The third-order valence-corrected chi connectivity index (χ3v) is 5.30. The van der Waals surface area contributed by atoms with Gasteiger partial charge in [0.15, 0.2) is 0 Å². The highest BCUT2D eigenvalue weighted by atomic mass is 32.2. The molecule has 1 aromatic heterocycles. The van der Waals surface area contributed by atoms with Gasteiger partial charge in [0.2, 0.25) is 10.0 Å². The van der Waals surface area contributed by atoms with Gasteiger partial charge in [-0.3, -0.25) is 4.98 Å². The number of sulfonamides is 1. The molecule has 0 N–H and O–H groups in total. The smallest absolute Gasteiger partial charge is 0.243 e. The van der Waals surface area contributed by atoms with Crippen molar-refractivity contribution in [2.45, 2.75) is 11.4 Å². The van der Waals surface area contributed by atoms with Gasteiger partial charge in [0.1, 0.15) is 0 Å². The van der Waals surface area contributed by atoms with E-state index in [1.54, 1.807) is 30.5 Å². The number of nitriles is 1. The Balaban J connectivity index is 2.34. The minimum atomic E-state index is -3.71. The van der Waals surface area contributed by atoms with Gasteiger partial charge in [0.25, 0.3) is 0 Å². The molecule has 2 rings (SSSR count). The number of pyridine rings is 1. The first kappa shape index (κ1) is 18.1. The Morgan fingerprint density at radius 3 is 2.54 bits per heavy atom. The Hall–Kier alpha value is -2.27. The second-order valence-electron chi connectivity index (χ2n) is 5.60. The summed E-state index contributed by atoms with van der Waals surface area (Å²) >= 11 is 0. The summed E-state index contributed by atoms with van der Waals surface area (Å²) in [5.41, 5.74) is 0.998. The van der Waals surface area contributed by atoms with Gasteiger partial charge >= 0.3 is 0 Å². The number of benzene rings is 1. The molecule has 0 saturated heterocycles. The van der Waals surface area contributed by atoms with Crippen molar-refractivity contribution < 1.29 is 8.42 Å². The van der Waals surface area contributed by atoms with Crippen molar-refractivity contribution in [2.24, 2.45) is 0 Å². The lowest BCUT2D eigenvalue weighted by Gasteiger charge is -2.23. The van der Waals surface area contributed by atoms with Gasteiger partial charge in [-0.25, -0.2) is 8.42 Å². The van der Waals surface area contributed by atoms with Crippen LogP contribution in [0.4, 0.5) is 0 Å². The topological polar surface area (TPSA) is 77.3 Å². The fraction of sp³-hybridized carbons (Fsp3) is 0.294. The fourth-order valence-corrected chi connectivity index (χ4v) is 3.59. The van der Waals surface area contributed by atoms with Crippen LogP contribution in [-0.2, 0) is 16.6 Å². The average molecular weight is 344 g/mol. The highest BCUT2D eigenvalue weighted by Crippen LogP contribution is 2.19. The molecule has 7 heteroatoms. The van der Waals surface area contributed by atoms with E-state index in [2.05, 4.69) is 4.98 Å². The van der Waals surface area contributed by atoms with Crippen LogP contribution in [0.15, 0.2) is 53.6 Å². The average Bonchev–Trinajstić information content (AvgIpc) is 2.59. The van der Waals surface area contributed by atoms with Gasteiger partial charge in [-0.1, -0.05) is 12.1 Å². The Morgan fingerprint density at radius 1 is 1.12 bits per heavy atom. The standard InChI is InChI=1S/C17H20N4O2S/c1-20(2)10-11-21(14-16-7-3-4-9-19-16)24(22,23)17-8-5-6-15(12-17)13-18/h3-9,12H,10-11,14H2,1-2H3. The number of aromatic nitrogens is 1. The van der Waals surface area contributed by atoms with Crippen LogP contribution in [0, 0.1) is 11.3 Å². The highest BCUT2D eigenvalue weighted by molar-refractivity contribution is 7.89. The molecule has 0 aliphatic rings. The van der Waals surface area contributed by atoms with Crippen LogP contribution < -0.4 is 0 Å². The van der Waals surface area contributed by atoms with E-state index in [0.717, 1.165) is 0 Å². The first-order valence-electron chi connectivity index (χ1n) is 7.48. The second-order valence-corrected chi connectivity index (χ2v) is 7.54. The third-order valence-electron chi connectivity index (χ3n) is 3.46. The lowest BCUT2D eigenvalue weighted by Crippen LogP contribution is -2.36. The van der Waals surface area contributed by atoms with Crippen LogP contribution in [0.3, 0.4) is 0 Å². The van der Waals surface area contributed by atoms with Crippen molar-refractivity contribution in [3.63, 3.8) is 0 Å². The van der Waals surface area contributed by atoms with Gasteiger partial charge in [0.05, 0.1) is 28.8 Å². The quantitative estimate of drug-likeness (QED) is 0.764. The molecular formula is C17H20N4O2S. The van der Waals surface area contributed by atoms with Gasteiger partial charge in [0, 0.05) is 19.3 Å². The SMILES string of the molecule is CN(C)CCN(Cc1ccccn1)S(=O)(=O)c1cccc(C#N)c1. The van der Waals surface area contributed by atoms with Gasteiger partial charge in [-0.15, -0.1) is 0 Å². The number of nitrogens with zero attached hydrogens (tertiary/aromatic N) is 4. The lowest BCUT2D eigenvalue weighted by atomic mass is 10.2. The molecule has 0 aliphatic carbocycles. The van der Waals surface area contributed by atoms with Crippen molar-refractivity contribution in [3.05, 3.63) is 59.9 Å². The molecule has 24 heavy (non-hydrogen) atoms. The molecule has 6 nitrogen and oxygen atoms in total. The molecule has 0 aliphatic heterocycles. The summed E-state index contributed by atoms with van der Waals surface area (Å²) in [4.78, 5) is 6.26. The van der Waals surface area contributed by atoms with Crippen molar-refractivity contribution in [3.8, 4) is 6.07 Å². The van der Waals surface area contributed by atoms with Crippen LogP contribution in [-0.4, -0.2) is 49.8 Å². The predicted octanol–water partition coefficient (Wildman–Crippen LogP) is 1.71. The van der Waals surface area contributed by atoms with E-state index < -0.39 is 10.0 Å². The lowest BCUT2D eigenvalue weighted by molar-refractivity contribution is 0.327. The summed E-state index contributed by atoms with van der Waals surface area (Å²) in [6.45, 7) is 1.11. The van der Waals surface area contributed by atoms with E-state index in [-0.39, 0.29) is 11.4 Å². The molecule has 1 heterocycles. The molecule has 0 unspecified atom stereocenters. The van der Waals surface area contributed by atoms with Crippen LogP contribution in [0.1, 0.15) is 11.3 Å². The number of likely N-dealkylation sites (N-methyl/N-ethyl adjacent to an activating group) is 1. The molecule has 126 valence electrons. The zero-order valence-corrected chi connectivity index (χ0v) is 14.6. The molecular weight excluding hydrogens is 324 g/mol. The fourth-order valence-electron chi connectivity index (χ4n) is 2.14. The second kappa shape index (κ2) is 8.02. The molecule has 0 bridgehead atoms. The van der Waals surface area contributed by atoms with Crippen LogP contribution in [0.5, 0.6) is 0 Å². The minimum absolute atomic E-state index is 0.122. The normalized spacial score (nSPS) is 11.6. The maximum atomic E-state index is 13.0. The van der Waals surface area contributed by atoms with Crippen molar-refractivity contribution in [1.29, 1.82) is 5.26 Å². The molecule has 1 aromatic carbocycles. The summed E-state index contributed by atoms with van der Waals surface area (Å²) in [7, 11) is 0.0695. The molecule has 0 saturated carbocycles. The van der Waals surface area contributed by atoms with E-state index in [1.807, 2.05) is 31.1 Å². The van der Waals surface area contributed by atoms with Crippen molar-refractivity contribution in [2.75, 3.05) is 27.2 Å². The first-order valence-corrected chi connectivity index (χ1v) is 8.92. The zero-order valence-electron chi connectivity index (χ0n) is 13.8. The summed E-state index contributed by atoms with van der Waals surface area (Å²) in [6, 6.07) is 13.5. The Bertz CT molecular complexity index is 814. The van der Waals surface area contributed by atoms with Crippen LogP contribution >= 0.6 is 0 Å². The third kappa shape index (κ3) is 4.61. The number of hydrogen-bond acceptors (Lipinski definition) is 5. The van der Waals surface area contributed by atoms with Gasteiger partial charge in [-0.2, -0.15) is 9.57 Å². The molecule has 2 aromatic rings. The molecule has 0 spiro atoms. The van der Waals surface area contributed by atoms with Gasteiger partial charge < -0.3 is 4.90 Å². The van der Waals surface area contributed by atoms with E-state index in [1.165, 1.54) is 16.4 Å². The summed E-state index contributed by atoms with van der Waals surface area (Å²) in [5, 5.41) is 9.00. The molecule has 0 radical (unpaired) electrons. The zero-order chi connectivity index (χ0) is 17.6.